The van der Waals surface area contributed by atoms with E-state index in [1.807, 2.05) is 37.8 Å². The topological polar surface area (TPSA) is 72.7 Å². The highest BCUT2D eigenvalue weighted by atomic mass is 32.2. The van der Waals surface area contributed by atoms with Gasteiger partial charge in [-0.2, -0.15) is 0 Å². The lowest BCUT2D eigenvalue weighted by Gasteiger charge is -2.14. The summed E-state index contributed by atoms with van der Waals surface area (Å²) in [5.74, 6) is 1.70. The van der Waals surface area contributed by atoms with E-state index in [9.17, 15) is 0 Å². The number of benzene rings is 1. The minimum absolute atomic E-state index is 0.0636. The molecular weight excluding hydrogens is 372 g/mol. The van der Waals surface area contributed by atoms with Crippen molar-refractivity contribution in [3.05, 3.63) is 54.4 Å². The molecule has 1 saturated heterocycles. The molecule has 0 spiro atoms. The van der Waals surface area contributed by atoms with E-state index < -0.39 is 0 Å². The number of pyridine rings is 1. The van der Waals surface area contributed by atoms with E-state index in [0.717, 1.165) is 28.8 Å². The molecule has 8 heteroatoms. The van der Waals surface area contributed by atoms with Gasteiger partial charge in [0.25, 0.3) is 0 Å². The van der Waals surface area contributed by atoms with Gasteiger partial charge in [0.1, 0.15) is 12.6 Å². The Morgan fingerprint density at radius 1 is 1.14 bits per heavy atom. The van der Waals surface area contributed by atoms with E-state index in [0.29, 0.717) is 0 Å². The summed E-state index contributed by atoms with van der Waals surface area (Å²) in [4.78, 5) is 6.16. The molecule has 1 fully saturated rings. The zero-order valence-electron chi connectivity index (χ0n) is 16.3. The second-order valence-corrected chi connectivity index (χ2v) is 8.04. The largest absolute Gasteiger partial charge is 0.378 e. The predicted octanol–water partition coefficient (Wildman–Crippen LogP) is 1.70. The number of hydrogen-bond donors (Lipinski definition) is 1. The van der Waals surface area contributed by atoms with Crippen molar-refractivity contribution in [3.63, 3.8) is 0 Å². The van der Waals surface area contributed by atoms with Gasteiger partial charge in [0, 0.05) is 56.1 Å². The van der Waals surface area contributed by atoms with Gasteiger partial charge < -0.3 is 19.5 Å². The Labute approximate surface area is 169 Å². The molecule has 2 atom stereocenters. The number of anilines is 1. The molecule has 4 rings (SSSR count). The maximum Gasteiger partial charge on any atom is 0.217 e. The average Bonchev–Trinajstić information content (AvgIpc) is 3.34. The van der Waals surface area contributed by atoms with Crippen LogP contribution in [0.1, 0.15) is 11.8 Å². The summed E-state index contributed by atoms with van der Waals surface area (Å²) in [5, 5.41) is 11.8. The average molecular weight is 398 g/mol. The van der Waals surface area contributed by atoms with E-state index in [4.69, 9.17) is 4.74 Å². The number of quaternary nitrogens is 1. The monoisotopic (exact) mass is 397 g/mol. The van der Waals surface area contributed by atoms with E-state index in [1.54, 1.807) is 24.2 Å². The highest BCUT2D eigenvalue weighted by Gasteiger charge is 2.30. The number of hydrogen-bond acceptors (Lipinski definition) is 6. The lowest BCUT2D eigenvalue weighted by atomic mass is 10.2. The number of thioether (sulfide) groups is 1. The number of rotatable bonds is 6. The van der Waals surface area contributed by atoms with Crippen LogP contribution in [0, 0.1) is 0 Å². The van der Waals surface area contributed by atoms with Crippen molar-refractivity contribution in [1.29, 1.82) is 0 Å². The molecule has 7 nitrogen and oxygen atoms in total. The van der Waals surface area contributed by atoms with Crippen LogP contribution in [0.25, 0.3) is 11.4 Å². The first-order valence-corrected chi connectivity index (χ1v) is 10.3. The first-order valence-electron chi connectivity index (χ1n) is 9.30. The zero-order chi connectivity index (χ0) is 19.5. The highest BCUT2D eigenvalue weighted by molar-refractivity contribution is 7.99. The van der Waals surface area contributed by atoms with Gasteiger partial charge in [0.15, 0.2) is 11.0 Å². The predicted molar refractivity (Wildman–Crippen MR) is 110 cm³/mol. The fourth-order valence-corrected chi connectivity index (χ4v) is 4.17. The van der Waals surface area contributed by atoms with Gasteiger partial charge in [-0.3, -0.25) is 4.98 Å². The van der Waals surface area contributed by atoms with Crippen molar-refractivity contribution in [1.82, 2.24) is 19.7 Å². The van der Waals surface area contributed by atoms with Crippen LogP contribution in [0.3, 0.4) is 0 Å². The third kappa shape index (κ3) is 4.04. The van der Waals surface area contributed by atoms with Crippen LogP contribution in [-0.2, 0) is 11.8 Å². The van der Waals surface area contributed by atoms with Gasteiger partial charge >= 0.3 is 0 Å². The first-order chi connectivity index (χ1) is 13.6. The Kier molecular flexibility index (Phi) is 5.61. The molecule has 1 aliphatic heterocycles. The zero-order valence-corrected chi connectivity index (χ0v) is 17.1. The number of ether oxygens (including phenoxy) is 1. The molecule has 0 unspecified atom stereocenters. The summed E-state index contributed by atoms with van der Waals surface area (Å²) < 4.78 is 8.27. The molecule has 28 heavy (non-hydrogen) atoms. The molecule has 0 aliphatic carbocycles. The number of nitrogens with zero attached hydrogens (tertiary/aromatic N) is 5. The minimum atomic E-state index is 0.0636. The first kappa shape index (κ1) is 18.9. The fourth-order valence-electron chi connectivity index (χ4n) is 3.24. The van der Waals surface area contributed by atoms with Crippen molar-refractivity contribution in [2.45, 2.75) is 17.5 Å². The molecule has 3 heterocycles. The highest BCUT2D eigenvalue weighted by Crippen LogP contribution is 2.25. The molecule has 0 saturated carbocycles. The summed E-state index contributed by atoms with van der Waals surface area (Å²) in [6, 6.07) is 12.5. The van der Waals surface area contributed by atoms with Gasteiger partial charge in [0.2, 0.25) is 6.23 Å². The molecule has 2 N–H and O–H groups in total. The number of nitrogens with two attached hydrogens (primary N) is 1. The summed E-state index contributed by atoms with van der Waals surface area (Å²) >= 11 is 1.69. The fraction of sp³-hybridized carbons (Fsp3) is 0.350. The molecule has 0 radical (unpaired) electrons. The Hall–Kier alpha value is -2.42. The van der Waals surface area contributed by atoms with Crippen molar-refractivity contribution < 1.29 is 10.1 Å². The summed E-state index contributed by atoms with van der Waals surface area (Å²) in [6.07, 6.45) is 3.78. The van der Waals surface area contributed by atoms with Gasteiger partial charge in [-0.15, -0.1) is 10.2 Å². The Morgan fingerprint density at radius 2 is 1.89 bits per heavy atom. The van der Waals surface area contributed by atoms with Crippen molar-refractivity contribution >= 4 is 17.4 Å². The maximum atomic E-state index is 6.25. The second kappa shape index (κ2) is 8.30. The smallest absolute Gasteiger partial charge is 0.217 e. The lowest BCUT2D eigenvalue weighted by molar-refractivity contribution is -0.697. The summed E-state index contributed by atoms with van der Waals surface area (Å²) in [6.45, 7) is 0.947. The van der Waals surface area contributed by atoms with E-state index in [1.165, 1.54) is 11.3 Å². The van der Waals surface area contributed by atoms with Crippen molar-refractivity contribution in [3.8, 4) is 11.4 Å². The Bertz CT molecular complexity index is 912. The van der Waals surface area contributed by atoms with Gasteiger partial charge in [-0.05, 0) is 36.4 Å². The van der Waals surface area contributed by atoms with Crippen LogP contribution in [0.4, 0.5) is 5.69 Å². The molecule has 0 amide bonds. The van der Waals surface area contributed by atoms with Gasteiger partial charge in [-0.1, -0.05) is 11.8 Å². The third-order valence-electron chi connectivity index (χ3n) is 4.86. The molecule has 0 bridgehead atoms. The summed E-state index contributed by atoms with van der Waals surface area (Å²) in [7, 11) is 6.09. The van der Waals surface area contributed by atoms with Crippen LogP contribution < -0.4 is 10.2 Å². The van der Waals surface area contributed by atoms with E-state index >= 15 is 0 Å². The molecular formula is C20H25N6OS+. The van der Waals surface area contributed by atoms with Crippen molar-refractivity contribution in [2.75, 3.05) is 31.3 Å². The molecule has 3 aromatic rings. The molecule has 1 aliphatic rings. The molecule has 1 aromatic carbocycles. The van der Waals surface area contributed by atoms with Crippen LogP contribution >= 0.6 is 11.8 Å². The summed E-state index contributed by atoms with van der Waals surface area (Å²) in [5.41, 5.74) is 3.42. The minimum Gasteiger partial charge on any atom is -0.378 e. The Morgan fingerprint density at radius 3 is 2.61 bits per heavy atom. The second-order valence-electron chi connectivity index (χ2n) is 7.05. The number of aromatic nitrogens is 4. The van der Waals surface area contributed by atoms with Crippen molar-refractivity contribution in [2.24, 2.45) is 7.05 Å². The molecule has 146 valence electrons. The van der Waals surface area contributed by atoms with Crippen LogP contribution in [0.5, 0.6) is 0 Å². The standard InChI is InChI=1S/C20H24N6OS/c1-25(2)16-6-4-15(5-7-16)19-22-12-17(27-19)13-28-20-24-23-18(26(20)3)14-8-10-21-11-9-14/h4-11,17,19,22H,12-13H2,1-3H3/p+1/t17-,19+/m1/s1. The van der Waals surface area contributed by atoms with E-state index in [2.05, 4.69) is 49.7 Å². The van der Waals surface area contributed by atoms with Crippen LogP contribution in [0.2, 0.25) is 0 Å². The van der Waals surface area contributed by atoms with Gasteiger partial charge in [-0.25, -0.2) is 0 Å². The van der Waals surface area contributed by atoms with E-state index in [-0.39, 0.29) is 12.3 Å². The van der Waals surface area contributed by atoms with Gasteiger partial charge in [0.05, 0.1) is 0 Å². The van der Waals surface area contributed by atoms with Crippen LogP contribution in [0.15, 0.2) is 53.9 Å². The lowest BCUT2D eigenvalue weighted by Crippen LogP contribution is -2.82. The quantitative estimate of drug-likeness (QED) is 0.639. The SMILES string of the molecule is CN(C)c1ccc([C@H]2[NH2+]C[C@H](CSc3nnc(-c4ccncc4)n3C)O2)cc1. The normalized spacial score (nSPS) is 19.1. The molecule has 2 aromatic heterocycles. The third-order valence-corrected chi connectivity index (χ3v) is 6.01. The Balaban J connectivity index is 1.35. The van der Waals surface area contributed by atoms with Crippen LogP contribution in [-0.4, -0.2) is 52.2 Å². The maximum absolute atomic E-state index is 6.25.